The molecule has 0 saturated heterocycles. The Morgan fingerprint density at radius 3 is 2.93 bits per heavy atom. The van der Waals surface area contributed by atoms with Crippen molar-refractivity contribution in [1.29, 1.82) is 5.26 Å². The van der Waals surface area contributed by atoms with E-state index in [-0.39, 0.29) is 0 Å². The Morgan fingerprint density at radius 2 is 2.29 bits per heavy atom. The van der Waals surface area contributed by atoms with Gasteiger partial charge in [-0.2, -0.15) is 5.26 Å². The van der Waals surface area contributed by atoms with E-state index in [1.807, 2.05) is 6.92 Å². The van der Waals surface area contributed by atoms with Gasteiger partial charge < -0.3 is 4.74 Å². The Morgan fingerprint density at radius 1 is 1.50 bits per heavy atom. The maximum Gasteiger partial charge on any atom is 0.152 e. The zero-order valence-electron chi connectivity index (χ0n) is 7.67. The summed E-state index contributed by atoms with van der Waals surface area (Å²) in [6.45, 7) is 2.30. The molecule has 0 amide bonds. The maximum absolute atomic E-state index is 12.8. The quantitative estimate of drug-likeness (QED) is 0.667. The molecule has 1 aromatic carbocycles. The van der Waals surface area contributed by atoms with Crippen molar-refractivity contribution in [2.75, 3.05) is 6.61 Å². The largest absolute Gasteiger partial charge is 0.493 e. The molecule has 0 aliphatic heterocycles. The number of hydrogen-bond donors (Lipinski definition) is 0. The molecule has 1 aromatic rings. The fraction of sp³-hybridized carbons (Fsp3) is 0.182. The summed E-state index contributed by atoms with van der Waals surface area (Å²) in [5, 5.41) is 8.26. The fourth-order valence-corrected chi connectivity index (χ4v) is 0.977. The average molecular weight is 189 g/mol. The van der Waals surface area contributed by atoms with Gasteiger partial charge in [-0.3, -0.25) is 0 Å². The SMILES string of the molecule is CCOc1ccc(F)cc1C#CC#N. The third-order valence-corrected chi connectivity index (χ3v) is 1.49. The van der Waals surface area contributed by atoms with Crippen molar-refractivity contribution < 1.29 is 9.13 Å². The lowest BCUT2D eigenvalue weighted by Crippen LogP contribution is -1.94. The minimum atomic E-state index is -0.393. The summed E-state index contributed by atoms with van der Waals surface area (Å²) in [5.74, 6) is 4.82. The van der Waals surface area contributed by atoms with Crippen LogP contribution in [0.15, 0.2) is 18.2 Å². The van der Waals surface area contributed by atoms with Crippen molar-refractivity contribution in [2.45, 2.75) is 6.92 Å². The van der Waals surface area contributed by atoms with E-state index < -0.39 is 5.82 Å². The van der Waals surface area contributed by atoms with Crippen molar-refractivity contribution in [1.82, 2.24) is 0 Å². The topological polar surface area (TPSA) is 33.0 Å². The van der Waals surface area contributed by atoms with E-state index >= 15 is 0 Å². The second-order valence-corrected chi connectivity index (χ2v) is 2.44. The van der Waals surface area contributed by atoms with Crippen LogP contribution in [0, 0.1) is 29.0 Å². The molecule has 0 aromatic heterocycles. The van der Waals surface area contributed by atoms with Gasteiger partial charge in [0.05, 0.1) is 12.2 Å². The number of ether oxygens (including phenoxy) is 1. The number of nitrogens with zero attached hydrogens (tertiary/aromatic N) is 1. The molecular formula is C11H8FNO. The predicted octanol–water partition coefficient (Wildman–Crippen LogP) is 2.10. The van der Waals surface area contributed by atoms with E-state index in [0.717, 1.165) is 0 Å². The van der Waals surface area contributed by atoms with Crippen LogP contribution in [-0.4, -0.2) is 6.61 Å². The molecule has 0 heterocycles. The molecular weight excluding hydrogens is 181 g/mol. The van der Waals surface area contributed by atoms with Crippen molar-refractivity contribution >= 4 is 0 Å². The first-order chi connectivity index (χ1) is 6.77. The van der Waals surface area contributed by atoms with Gasteiger partial charge in [0.25, 0.3) is 0 Å². The van der Waals surface area contributed by atoms with Gasteiger partial charge in [0.2, 0.25) is 0 Å². The average Bonchev–Trinajstić information content (AvgIpc) is 2.18. The molecule has 0 radical (unpaired) electrons. The molecule has 0 aliphatic rings. The van der Waals surface area contributed by atoms with Crippen molar-refractivity contribution in [3.63, 3.8) is 0 Å². The third-order valence-electron chi connectivity index (χ3n) is 1.49. The number of halogens is 1. The second kappa shape index (κ2) is 4.89. The van der Waals surface area contributed by atoms with Gasteiger partial charge in [0, 0.05) is 5.92 Å². The van der Waals surface area contributed by atoms with Gasteiger partial charge in [-0.15, -0.1) is 0 Å². The third kappa shape index (κ3) is 2.50. The lowest BCUT2D eigenvalue weighted by Gasteiger charge is -2.04. The molecule has 0 unspecified atom stereocenters. The van der Waals surface area contributed by atoms with Crippen molar-refractivity contribution in [3.8, 4) is 23.7 Å². The highest BCUT2D eigenvalue weighted by molar-refractivity contribution is 5.47. The summed E-state index contributed by atoms with van der Waals surface area (Å²) in [7, 11) is 0. The Balaban J connectivity index is 3.10. The number of nitriles is 1. The van der Waals surface area contributed by atoms with E-state index in [1.54, 1.807) is 6.07 Å². The standard InChI is InChI=1S/C11H8FNO/c1-2-14-11-6-5-10(12)8-9(11)4-3-7-13/h5-6,8H,2H2,1H3. The van der Waals surface area contributed by atoms with E-state index in [2.05, 4.69) is 11.8 Å². The van der Waals surface area contributed by atoms with Crippen LogP contribution in [0.4, 0.5) is 4.39 Å². The van der Waals surface area contributed by atoms with Crippen LogP contribution in [0.5, 0.6) is 5.75 Å². The van der Waals surface area contributed by atoms with E-state index in [0.29, 0.717) is 17.9 Å². The summed E-state index contributed by atoms with van der Waals surface area (Å²) in [6.07, 6.45) is 0. The van der Waals surface area contributed by atoms with Gasteiger partial charge >= 0.3 is 0 Å². The Hall–Kier alpha value is -2.00. The number of hydrogen-bond acceptors (Lipinski definition) is 2. The monoisotopic (exact) mass is 189 g/mol. The van der Waals surface area contributed by atoms with Crippen LogP contribution >= 0.6 is 0 Å². The second-order valence-electron chi connectivity index (χ2n) is 2.44. The van der Waals surface area contributed by atoms with Crippen molar-refractivity contribution in [3.05, 3.63) is 29.6 Å². The molecule has 0 atom stereocenters. The molecule has 2 nitrogen and oxygen atoms in total. The fourth-order valence-electron chi connectivity index (χ4n) is 0.977. The Labute approximate surface area is 81.9 Å². The summed E-state index contributed by atoms with van der Waals surface area (Å²) < 4.78 is 18.0. The molecule has 70 valence electrons. The normalized spacial score (nSPS) is 8.36. The van der Waals surface area contributed by atoms with Gasteiger partial charge in [0.15, 0.2) is 6.07 Å². The highest BCUT2D eigenvalue weighted by atomic mass is 19.1. The summed E-state index contributed by atoms with van der Waals surface area (Å²) >= 11 is 0. The molecule has 1 rings (SSSR count). The van der Waals surface area contributed by atoms with Crippen molar-refractivity contribution in [2.24, 2.45) is 0 Å². The first kappa shape index (κ1) is 10.1. The highest BCUT2D eigenvalue weighted by Crippen LogP contribution is 2.18. The van der Waals surface area contributed by atoms with Crippen LogP contribution in [-0.2, 0) is 0 Å². The predicted molar refractivity (Wildman–Crippen MR) is 50.1 cm³/mol. The summed E-state index contributed by atoms with van der Waals surface area (Å²) in [6, 6.07) is 5.71. The zero-order chi connectivity index (χ0) is 10.4. The summed E-state index contributed by atoms with van der Waals surface area (Å²) in [4.78, 5) is 0. The van der Waals surface area contributed by atoms with Gasteiger partial charge in [-0.05, 0) is 31.0 Å². The molecule has 0 bridgehead atoms. The van der Waals surface area contributed by atoms with Crippen LogP contribution in [0.3, 0.4) is 0 Å². The van der Waals surface area contributed by atoms with Crippen LogP contribution in [0.25, 0.3) is 0 Å². The maximum atomic E-state index is 12.8. The smallest absolute Gasteiger partial charge is 0.152 e. The molecule has 3 heteroatoms. The van der Waals surface area contributed by atoms with Crippen LogP contribution in [0.2, 0.25) is 0 Å². The minimum Gasteiger partial charge on any atom is -0.493 e. The lowest BCUT2D eigenvalue weighted by molar-refractivity contribution is 0.338. The molecule has 0 saturated carbocycles. The van der Waals surface area contributed by atoms with Gasteiger partial charge in [0.1, 0.15) is 11.6 Å². The van der Waals surface area contributed by atoms with Gasteiger partial charge in [-0.25, -0.2) is 4.39 Å². The van der Waals surface area contributed by atoms with E-state index in [9.17, 15) is 4.39 Å². The lowest BCUT2D eigenvalue weighted by atomic mass is 10.2. The van der Waals surface area contributed by atoms with E-state index in [1.165, 1.54) is 18.2 Å². The first-order valence-corrected chi connectivity index (χ1v) is 4.10. The zero-order valence-corrected chi connectivity index (χ0v) is 7.67. The van der Waals surface area contributed by atoms with E-state index in [4.69, 9.17) is 10.00 Å². The molecule has 0 N–H and O–H groups in total. The molecule has 0 fully saturated rings. The number of rotatable bonds is 2. The van der Waals surface area contributed by atoms with Crippen LogP contribution < -0.4 is 4.74 Å². The first-order valence-electron chi connectivity index (χ1n) is 4.10. The minimum absolute atomic E-state index is 0.393. The van der Waals surface area contributed by atoms with Crippen LogP contribution in [0.1, 0.15) is 12.5 Å². The Kier molecular flexibility index (Phi) is 3.52. The molecule has 0 spiro atoms. The number of benzene rings is 1. The Bertz CT molecular complexity index is 423. The van der Waals surface area contributed by atoms with Gasteiger partial charge in [-0.1, -0.05) is 0 Å². The molecule has 14 heavy (non-hydrogen) atoms. The molecule has 0 aliphatic carbocycles. The highest BCUT2D eigenvalue weighted by Gasteiger charge is 2.01. The summed E-state index contributed by atoms with van der Waals surface area (Å²) in [5.41, 5.74) is 0.397.